The van der Waals surface area contributed by atoms with Crippen LogP contribution in [-0.4, -0.2) is 72.9 Å². The first kappa shape index (κ1) is 21.5. The summed E-state index contributed by atoms with van der Waals surface area (Å²) in [6.45, 7) is 1.22. The minimum Gasteiger partial charge on any atom is -0.507 e. The van der Waals surface area contributed by atoms with Gasteiger partial charge in [-0.2, -0.15) is 0 Å². The minimum absolute atomic E-state index is 0.119. The van der Waals surface area contributed by atoms with Gasteiger partial charge in [-0.25, -0.2) is 0 Å². The molecule has 7 heteroatoms. The fourth-order valence-electron chi connectivity index (χ4n) is 3.63. The van der Waals surface area contributed by atoms with E-state index in [0.717, 1.165) is 24.2 Å². The van der Waals surface area contributed by atoms with E-state index in [1.165, 1.54) is 0 Å². The molecule has 0 radical (unpaired) electrons. The Morgan fingerprint density at radius 3 is 2.23 bits per heavy atom. The highest BCUT2D eigenvalue weighted by Gasteiger charge is 2.45. The molecule has 7 nitrogen and oxygen atoms in total. The highest BCUT2D eigenvalue weighted by molar-refractivity contribution is 6.46. The summed E-state index contributed by atoms with van der Waals surface area (Å²) in [6.07, 6.45) is 3.81. The number of aliphatic hydroxyl groups is 1. The maximum Gasteiger partial charge on any atom is 0.295 e. The number of benzene rings is 1. The van der Waals surface area contributed by atoms with E-state index in [4.69, 9.17) is 0 Å². The number of ketones is 1. The first-order valence-corrected chi connectivity index (χ1v) is 9.92. The van der Waals surface area contributed by atoms with Crippen LogP contribution in [0.1, 0.15) is 23.6 Å². The van der Waals surface area contributed by atoms with Crippen LogP contribution in [-0.2, 0) is 9.59 Å². The second-order valence-electron chi connectivity index (χ2n) is 7.87. The van der Waals surface area contributed by atoms with Crippen LogP contribution in [0.2, 0.25) is 0 Å². The van der Waals surface area contributed by atoms with E-state index in [1.54, 1.807) is 29.4 Å². The fraction of sp³-hybridized carbons (Fsp3) is 0.348. The van der Waals surface area contributed by atoms with Gasteiger partial charge in [0.05, 0.1) is 11.6 Å². The summed E-state index contributed by atoms with van der Waals surface area (Å²) in [5.41, 5.74) is 2.39. The van der Waals surface area contributed by atoms with E-state index in [2.05, 4.69) is 4.98 Å². The summed E-state index contributed by atoms with van der Waals surface area (Å²) >= 11 is 0. The monoisotopic (exact) mass is 408 g/mol. The van der Waals surface area contributed by atoms with E-state index < -0.39 is 17.7 Å². The third kappa shape index (κ3) is 4.36. The van der Waals surface area contributed by atoms with Crippen molar-refractivity contribution in [1.29, 1.82) is 0 Å². The lowest BCUT2D eigenvalue weighted by molar-refractivity contribution is -0.139. The molecule has 3 rings (SSSR count). The number of aliphatic hydroxyl groups excluding tert-OH is 1. The van der Waals surface area contributed by atoms with Crippen molar-refractivity contribution >= 4 is 23.1 Å². The largest absolute Gasteiger partial charge is 0.507 e. The highest BCUT2D eigenvalue weighted by Crippen LogP contribution is 2.39. The lowest BCUT2D eigenvalue weighted by atomic mass is 9.95. The number of pyridine rings is 1. The Morgan fingerprint density at radius 2 is 1.67 bits per heavy atom. The van der Waals surface area contributed by atoms with E-state index in [1.807, 2.05) is 62.3 Å². The molecule has 1 saturated heterocycles. The van der Waals surface area contributed by atoms with Gasteiger partial charge in [-0.3, -0.25) is 14.6 Å². The van der Waals surface area contributed by atoms with Gasteiger partial charge >= 0.3 is 0 Å². The molecule has 1 fully saturated rings. The molecule has 1 aromatic carbocycles. The zero-order valence-electron chi connectivity index (χ0n) is 17.9. The summed E-state index contributed by atoms with van der Waals surface area (Å²) in [5, 5.41) is 11.0. The van der Waals surface area contributed by atoms with E-state index >= 15 is 0 Å². The number of anilines is 1. The van der Waals surface area contributed by atoms with Crippen molar-refractivity contribution in [2.75, 3.05) is 46.2 Å². The van der Waals surface area contributed by atoms with Crippen LogP contribution in [0, 0.1) is 0 Å². The predicted octanol–water partition coefficient (Wildman–Crippen LogP) is 2.52. The van der Waals surface area contributed by atoms with Crippen molar-refractivity contribution in [3.63, 3.8) is 0 Å². The summed E-state index contributed by atoms with van der Waals surface area (Å²) < 4.78 is 0. The van der Waals surface area contributed by atoms with E-state index in [9.17, 15) is 14.7 Å². The van der Waals surface area contributed by atoms with Crippen molar-refractivity contribution in [3.8, 4) is 0 Å². The lowest BCUT2D eigenvalue weighted by Crippen LogP contribution is -2.32. The van der Waals surface area contributed by atoms with Crippen LogP contribution in [0.25, 0.3) is 5.76 Å². The molecular formula is C23H28N4O3. The molecule has 1 amide bonds. The topological polar surface area (TPSA) is 77.0 Å². The maximum atomic E-state index is 12.9. The molecule has 0 spiro atoms. The van der Waals surface area contributed by atoms with Crippen LogP contribution in [0.5, 0.6) is 0 Å². The average Bonchev–Trinajstić information content (AvgIpc) is 2.98. The SMILES string of the molecule is CN(C)CCCN1C(=O)C(=O)/C(=C(\O)c2ccncc2)C1c1ccc(N(C)C)cc1. The molecule has 1 atom stereocenters. The van der Waals surface area contributed by atoms with Crippen molar-refractivity contribution in [2.24, 2.45) is 0 Å². The molecular weight excluding hydrogens is 380 g/mol. The van der Waals surface area contributed by atoms with Gasteiger partial charge in [0.2, 0.25) is 0 Å². The molecule has 1 aromatic heterocycles. The Bertz CT molecular complexity index is 937. The first-order chi connectivity index (χ1) is 14.3. The number of hydrogen-bond donors (Lipinski definition) is 1. The number of carbonyl (C=O) groups is 2. The smallest absolute Gasteiger partial charge is 0.295 e. The standard InChI is InChI=1S/C23H28N4O3/c1-25(2)14-5-15-27-20(16-6-8-18(9-7-16)26(3)4)19(22(29)23(27)30)21(28)17-10-12-24-13-11-17/h6-13,20,28H,5,14-15H2,1-4H3/b21-19-. The van der Waals surface area contributed by atoms with Crippen molar-refractivity contribution < 1.29 is 14.7 Å². The van der Waals surface area contributed by atoms with Crippen molar-refractivity contribution in [3.05, 3.63) is 65.5 Å². The molecule has 1 unspecified atom stereocenters. The number of hydrogen-bond acceptors (Lipinski definition) is 6. The van der Waals surface area contributed by atoms with Gasteiger partial charge in [0, 0.05) is 44.3 Å². The maximum absolute atomic E-state index is 12.9. The quantitative estimate of drug-likeness (QED) is 0.431. The normalized spacial score (nSPS) is 18.3. The Hall–Kier alpha value is -3.19. The number of carbonyl (C=O) groups excluding carboxylic acids is 2. The van der Waals surface area contributed by atoms with Crippen LogP contribution in [0.15, 0.2) is 54.4 Å². The predicted molar refractivity (Wildman–Crippen MR) is 117 cm³/mol. The first-order valence-electron chi connectivity index (χ1n) is 9.92. The minimum atomic E-state index is -0.657. The van der Waals surface area contributed by atoms with Crippen LogP contribution < -0.4 is 4.90 Å². The second-order valence-corrected chi connectivity index (χ2v) is 7.87. The van der Waals surface area contributed by atoms with Crippen molar-refractivity contribution in [1.82, 2.24) is 14.8 Å². The molecule has 2 aromatic rings. The van der Waals surface area contributed by atoms with E-state index in [0.29, 0.717) is 12.1 Å². The molecule has 158 valence electrons. The van der Waals surface area contributed by atoms with Gasteiger partial charge in [-0.15, -0.1) is 0 Å². The third-order valence-corrected chi connectivity index (χ3v) is 5.22. The van der Waals surface area contributed by atoms with Gasteiger partial charge in [0.1, 0.15) is 5.76 Å². The number of likely N-dealkylation sites (tertiary alicyclic amines) is 1. The summed E-state index contributed by atoms with van der Waals surface area (Å²) in [7, 11) is 7.83. The fourth-order valence-corrected chi connectivity index (χ4v) is 3.63. The zero-order valence-corrected chi connectivity index (χ0v) is 17.9. The molecule has 0 bridgehead atoms. The average molecular weight is 409 g/mol. The molecule has 1 aliphatic heterocycles. The van der Waals surface area contributed by atoms with Gasteiger partial charge < -0.3 is 19.8 Å². The molecule has 0 saturated carbocycles. The lowest BCUT2D eigenvalue weighted by Gasteiger charge is -2.26. The van der Waals surface area contributed by atoms with Gasteiger partial charge in [-0.05, 0) is 56.9 Å². The highest BCUT2D eigenvalue weighted by atomic mass is 16.3. The van der Waals surface area contributed by atoms with Gasteiger partial charge in [-0.1, -0.05) is 12.1 Å². The Morgan fingerprint density at radius 1 is 1.03 bits per heavy atom. The molecule has 1 N–H and O–H groups in total. The van der Waals surface area contributed by atoms with E-state index in [-0.39, 0.29) is 11.3 Å². The van der Waals surface area contributed by atoms with Crippen molar-refractivity contribution in [2.45, 2.75) is 12.5 Å². The number of amides is 1. The van der Waals surface area contributed by atoms with Crippen LogP contribution in [0.3, 0.4) is 0 Å². The number of Topliss-reactive ketones (excluding diaryl/α,β-unsaturated/α-hetero) is 1. The summed E-state index contributed by atoms with van der Waals surface area (Å²) in [4.78, 5) is 35.4. The molecule has 2 heterocycles. The summed E-state index contributed by atoms with van der Waals surface area (Å²) in [6, 6.07) is 10.3. The number of rotatable bonds is 7. The number of aromatic nitrogens is 1. The second kappa shape index (κ2) is 9.09. The molecule has 1 aliphatic rings. The van der Waals surface area contributed by atoms with Gasteiger partial charge in [0.15, 0.2) is 0 Å². The van der Waals surface area contributed by atoms with Gasteiger partial charge in [0.25, 0.3) is 11.7 Å². The summed E-state index contributed by atoms with van der Waals surface area (Å²) in [5.74, 6) is -1.41. The van der Waals surface area contributed by atoms with Crippen LogP contribution in [0.4, 0.5) is 5.69 Å². The number of nitrogens with zero attached hydrogens (tertiary/aromatic N) is 4. The Kier molecular flexibility index (Phi) is 6.52. The zero-order chi connectivity index (χ0) is 21.8. The Balaban J connectivity index is 2.07. The Labute approximate surface area is 177 Å². The molecule has 30 heavy (non-hydrogen) atoms. The third-order valence-electron chi connectivity index (χ3n) is 5.22. The van der Waals surface area contributed by atoms with Crippen LogP contribution >= 0.6 is 0 Å². The molecule has 0 aliphatic carbocycles.